The summed E-state index contributed by atoms with van der Waals surface area (Å²) in [6, 6.07) is 5.61. The van der Waals surface area contributed by atoms with Gasteiger partial charge in [-0.3, -0.25) is 4.90 Å². The van der Waals surface area contributed by atoms with Crippen molar-refractivity contribution in [3.63, 3.8) is 0 Å². The highest BCUT2D eigenvalue weighted by Gasteiger charge is 2.26. The molecule has 1 N–H and O–H groups in total. The lowest BCUT2D eigenvalue weighted by molar-refractivity contribution is 0.149. The topological polar surface area (TPSA) is 28.2 Å². The second-order valence-electron chi connectivity index (χ2n) is 6.97. The van der Waals surface area contributed by atoms with Gasteiger partial charge in [0, 0.05) is 23.8 Å². The Labute approximate surface area is 135 Å². The summed E-state index contributed by atoms with van der Waals surface area (Å²) in [5.41, 5.74) is 1.43. The van der Waals surface area contributed by atoms with E-state index < -0.39 is 0 Å². The maximum atomic E-state index is 4.70. The number of likely N-dealkylation sites (tertiary alicyclic amines) is 1. The number of anilines is 1. The highest BCUT2D eigenvalue weighted by Crippen LogP contribution is 2.35. The first kappa shape index (κ1) is 15.8. The van der Waals surface area contributed by atoms with Gasteiger partial charge in [-0.1, -0.05) is 38.7 Å². The Morgan fingerprint density at radius 2 is 1.95 bits per heavy atom. The second kappa shape index (κ2) is 7.96. The summed E-state index contributed by atoms with van der Waals surface area (Å²) in [5, 5.41) is 3.77. The molecule has 1 aromatic heterocycles. The molecule has 2 fully saturated rings. The fourth-order valence-electron chi connectivity index (χ4n) is 4.15. The van der Waals surface area contributed by atoms with E-state index in [1.807, 2.05) is 6.20 Å². The van der Waals surface area contributed by atoms with Gasteiger partial charge in [0.1, 0.15) is 5.82 Å². The van der Waals surface area contributed by atoms with Crippen molar-refractivity contribution in [2.45, 2.75) is 76.8 Å². The molecule has 0 radical (unpaired) electrons. The zero-order valence-corrected chi connectivity index (χ0v) is 14.1. The van der Waals surface area contributed by atoms with E-state index in [9.17, 15) is 0 Å². The molecule has 0 aromatic carbocycles. The van der Waals surface area contributed by atoms with E-state index in [4.69, 9.17) is 4.98 Å². The minimum absolute atomic E-state index is 0.563. The molecule has 3 rings (SSSR count). The van der Waals surface area contributed by atoms with E-state index in [1.54, 1.807) is 0 Å². The van der Waals surface area contributed by atoms with Crippen molar-refractivity contribution >= 4 is 5.82 Å². The van der Waals surface area contributed by atoms with Crippen molar-refractivity contribution in [2.75, 3.05) is 18.4 Å². The largest absolute Gasteiger partial charge is 0.367 e. The fraction of sp³-hybridized carbons (Fsp3) is 0.737. The third kappa shape index (κ3) is 3.81. The molecule has 2 heterocycles. The van der Waals surface area contributed by atoms with Gasteiger partial charge in [-0.05, 0) is 51.3 Å². The zero-order chi connectivity index (χ0) is 15.2. The monoisotopic (exact) mass is 301 g/mol. The molecule has 1 saturated carbocycles. The summed E-state index contributed by atoms with van der Waals surface area (Å²) in [6.45, 7) is 4.74. The van der Waals surface area contributed by atoms with Crippen LogP contribution in [0.3, 0.4) is 0 Å². The summed E-state index contributed by atoms with van der Waals surface area (Å²) in [4.78, 5) is 7.38. The third-order valence-corrected chi connectivity index (χ3v) is 5.27. The molecule has 0 spiro atoms. The maximum absolute atomic E-state index is 4.70. The molecule has 3 heteroatoms. The number of rotatable bonds is 5. The first-order valence-electron chi connectivity index (χ1n) is 9.34. The van der Waals surface area contributed by atoms with Gasteiger partial charge in [0.05, 0.1) is 0 Å². The van der Waals surface area contributed by atoms with Gasteiger partial charge in [0.15, 0.2) is 0 Å². The van der Waals surface area contributed by atoms with Crippen molar-refractivity contribution in [1.29, 1.82) is 0 Å². The normalized spacial score (nSPS) is 24.3. The SMILES string of the molecule is CCCN1CCCCC1c1cccnc1NC1CCCCC1. The second-order valence-corrected chi connectivity index (χ2v) is 6.97. The van der Waals surface area contributed by atoms with Crippen LogP contribution in [0.5, 0.6) is 0 Å². The quantitative estimate of drug-likeness (QED) is 0.849. The summed E-state index contributed by atoms with van der Waals surface area (Å²) in [6.07, 6.45) is 13.9. The van der Waals surface area contributed by atoms with Gasteiger partial charge in [0.2, 0.25) is 0 Å². The van der Waals surface area contributed by atoms with Gasteiger partial charge < -0.3 is 5.32 Å². The number of piperidine rings is 1. The van der Waals surface area contributed by atoms with E-state index in [-0.39, 0.29) is 0 Å². The van der Waals surface area contributed by atoms with Crippen LogP contribution in [0.15, 0.2) is 18.3 Å². The molecule has 2 aliphatic rings. The van der Waals surface area contributed by atoms with Crippen molar-refractivity contribution in [2.24, 2.45) is 0 Å². The molecule has 1 saturated heterocycles. The molecule has 1 aliphatic heterocycles. The molecular formula is C19H31N3. The summed E-state index contributed by atoms with van der Waals surface area (Å²) < 4.78 is 0. The van der Waals surface area contributed by atoms with Crippen LogP contribution in [0.2, 0.25) is 0 Å². The predicted molar refractivity (Wildman–Crippen MR) is 93.2 cm³/mol. The third-order valence-electron chi connectivity index (χ3n) is 5.27. The number of nitrogens with one attached hydrogen (secondary N) is 1. The van der Waals surface area contributed by atoms with Crippen LogP contribution in [-0.4, -0.2) is 29.0 Å². The molecule has 1 aromatic rings. The average Bonchev–Trinajstić information content (AvgIpc) is 2.57. The van der Waals surface area contributed by atoms with Gasteiger partial charge >= 0.3 is 0 Å². The van der Waals surface area contributed by atoms with Crippen LogP contribution in [0.4, 0.5) is 5.82 Å². The highest BCUT2D eigenvalue weighted by molar-refractivity contribution is 5.46. The molecule has 3 nitrogen and oxygen atoms in total. The van der Waals surface area contributed by atoms with Gasteiger partial charge in [0.25, 0.3) is 0 Å². The summed E-state index contributed by atoms with van der Waals surface area (Å²) in [7, 11) is 0. The van der Waals surface area contributed by atoms with Gasteiger partial charge in [-0.15, -0.1) is 0 Å². The first-order chi connectivity index (χ1) is 10.9. The Balaban J connectivity index is 1.76. The lowest BCUT2D eigenvalue weighted by atomic mass is 9.93. The van der Waals surface area contributed by atoms with Crippen molar-refractivity contribution in [1.82, 2.24) is 9.88 Å². The summed E-state index contributed by atoms with van der Waals surface area (Å²) in [5.74, 6) is 1.16. The van der Waals surface area contributed by atoms with E-state index >= 15 is 0 Å². The molecule has 0 amide bonds. The molecular weight excluding hydrogens is 270 g/mol. The first-order valence-corrected chi connectivity index (χ1v) is 9.34. The number of nitrogens with zero attached hydrogens (tertiary/aromatic N) is 2. The van der Waals surface area contributed by atoms with Crippen LogP contribution in [0, 0.1) is 0 Å². The van der Waals surface area contributed by atoms with Crippen LogP contribution in [0.1, 0.15) is 76.3 Å². The van der Waals surface area contributed by atoms with Crippen LogP contribution < -0.4 is 5.32 Å². The molecule has 122 valence electrons. The maximum Gasteiger partial charge on any atom is 0.130 e. The smallest absolute Gasteiger partial charge is 0.130 e. The molecule has 1 atom stereocenters. The Kier molecular flexibility index (Phi) is 5.71. The Hall–Kier alpha value is -1.09. The van der Waals surface area contributed by atoms with Crippen LogP contribution in [-0.2, 0) is 0 Å². The highest BCUT2D eigenvalue weighted by atomic mass is 15.2. The number of hydrogen-bond acceptors (Lipinski definition) is 3. The van der Waals surface area contributed by atoms with E-state index in [1.165, 1.54) is 76.4 Å². The lowest BCUT2D eigenvalue weighted by Gasteiger charge is -2.37. The van der Waals surface area contributed by atoms with Gasteiger partial charge in [-0.25, -0.2) is 4.98 Å². The van der Waals surface area contributed by atoms with Gasteiger partial charge in [-0.2, -0.15) is 0 Å². The number of pyridine rings is 1. The van der Waals surface area contributed by atoms with Crippen molar-refractivity contribution in [3.8, 4) is 0 Å². The van der Waals surface area contributed by atoms with Crippen LogP contribution in [0.25, 0.3) is 0 Å². The van der Waals surface area contributed by atoms with Crippen molar-refractivity contribution < 1.29 is 0 Å². The molecule has 22 heavy (non-hydrogen) atoms. The Morgan fingerprint density at radius 3 is 2.77 bits per heavy atom. The number of hydrogen-bond donors (Lipinski definition) is 1. The predicted octanol–water partition coefficient (Wildman–Crippen LogP) is 4.76. The van der Waals surface area contributed by atoms with Crippen molar-refractivity contribution in [3.05, 3.63) is 23.9 Å². The fourth-order valence-corrected chi connectivity index (χ4v) is 4.15. The van der Waals surface area contributed by atoms with E-state index in [2.05, 4.69) is 29.3 Å². The van der Waals surface area contributed by atoms with E-state index in [0.29, 0.717) is 12.1 Å². The zero-order valence-electron chi connectivity index (χ0n) is 14.1. The minimum atomic E-state index is 0.563. The number of aromatic nitrogens is 1. The van der Waals surface area contributed by atoms with E-state index in [0.717, 1.165) is 5.82 Å². The summed E-state index contributed by atoms with van der Waals surface area (Å²) >= 11 is 0. The van der Waals surface area contributed by atoms with Crippen LogP contribution >= 0.6 is 0 Å². The molecule has 1 unspecified atom stereocenters. The Morgan fingerprint density at radius 1 is 1.14 bits per heavy atom. The molecule has 1 aliphatic carbocycles. The standard InChI is InChI=1S/C19H31N3/c1-2-14-22-15-7-6-12-18(22)17-11-8-13-20-19(17)21-16-9-4-3-5-10-16/h8,11,13,16,18H,2-7,9-10,12,14-15H2,1H3,(H,20,21). The lowest BCUT2D eigenvalue weighted by Crippen LogP contribution is -2.35. The average molecular weight is 301 g/mol. The molecule has 0 bridgehead atoms. The Bertz CT molecular complexity index is 452. The minimum Gasteiger partial charge on any atom is -0.367 e.